The molecule has 2 aliphatic rings. The van der Waals surface area contributed by atoms with Gasteiger partial charge in [0, 0.05) is 37.2 Å². The molecule has 0 aliphatic carbocycles. The smallest absolute Gasteiger partial charge is 0.386 e. The molecule has 2 aromatic rings. The maximum Gasteiger partial charge on any atom is 0.481 e. The molecule has 2 fully saturated rings. The minimum absolute atomic E-state index is 0.00930. The summed E-state index contributed by atoms with van der Waals surface area (Å²) in [4.78, 5) is 142. The van der Waals surface area contributed by atoms with E-state index in [0.29, 0.717) is 25.1 Å². The Labute approximate surface area is 461 Å². The Morgan fingerprint density at radius 3 is 2.27 bits per heavy atom. The van der Waals surface area contributed by atoms with Crippen LogP contribution in [0, 0.1) is 11.3 Å². The standard InChI is InChI=1S/C41H69N12O21P3S2/c1-22(2)15-24(37(60)46-16-29(56)52-12-6-7-25(52)35(43)59)51-38(61)23(9-13-78-5)50-28(55)18-79-14-11-44-27(54)8-10-45-39(62)33(58)41(3,4)19-71-77(68,69)74-76(66,67)70-17-26-32(73-75(63,64)65)31(57)40(72-26)53-21-49-30-34(42)47-20-48-36(30)53/h20-26,31-33,40,57-58H,6-19H2,1-5H3,(H2,43,59)(H,44,54)(H,45,62)(H,46,60)(H,50,55)(H,51,61)(H,66,67)(H,68,69)(H2,42,47,48)(H2,63,64,65)/t23-,24-,25-,26+,31+,32+,33-,40+/m0/s1. The molecule has 0 aromatic carbocycles. The zero-order valence-corrected chi connectivity index (χ0v) is 47.9. The molecule has 2 aromatic heterocycles. The van der Waals surface area contributed by atoms with Crippen LogP contribution in [0.1, 0.15) is 66.0 Å². The van der Waals surface area contributed by atoms with Gasteiger partial charge in [-0.05, 0) is 43.6 Å². The second kappa shape index (κ2) is 30.1. The topological polar surface area (TPSA) is 497 Å². The van der Waals surface area contributed by atoms with Crippen molar-refractivity contribution in [1.82, 2.24) is 51.0 Å². The molecule has 0 saturated carbocycles. The molecule has 38 heteroatoms. The van der Waals surface area contributed by atoms with E-state index in [4.69, 9.17) is 25.3 Å². The summed E-state index contributed by atoms with van der Waals surface area (Å²) in [5.41, 5.74) is 9.58. The number of nitrogens with two attached hydrogens (primary N) is 2. The molecular formula is C41H69N12O21P3S2. The number of fused-ring (bicyclic) bond motifs is 1. The number of aromatic nitrogens is 4. The molecular weight excluding hydrogens is 1150 g/mol. The highest BCUT2D eigenvalue weighted by molar-refractivity contribution is 8.00. The highest BCUT2D eigenvalue weighted by Crippen LogP contribution is 2.61. The molecule has 2 saturated heterocycles. The number of nitrogens with one attached hydrogen (secondary N) is 5. The van der Waals surface area contributed by atoms with Crippen LogP contribution in [0.4, 0.5) is 5.82 Å². The largest absolute Gasteiger partial charge is 0.481 e. The number of imidazole rings is 1. The highest BCUT2D eigenvalue weighted by Gasteiger charge is 2.50. The fourth-order valence-corrected chi connectivity index (χ4v) is 11.8. The number of carbonyl (C=O) groups excluding carboxylic acids is 7. The Morgan fingerprint density at radius 2 is 1.61 bits per heavy atom. The lowest BCUT2D eigenvalue weighted by molar-refractivity contribution is -0.138. The molecule has 0 radical (unpaired) electrons. The SMILES string of the molecule is CSCC[C@H](NC(=O)CSCCNC(=O)CCNC(=O)[C@H](O)C(C)(C)COP(=O)(O)OP(=O)(O)OC[C@H]1O[C@@H](n2cnc3c(N)ncnc32)[C@H](O)[C@@H]1OP(=O)(O)O)C(=O)N[C@@H](CC(C)C)C(=O)NCC(=O)N1CCC[C@H]1C(N)=O. The lowest BCUT2D eigenvalue weighted by Gasteiger charge is -2.30. The van der Waals surface area contributed by atoms with Gasteiger partial charge in [0.25, 0.3) is 0 Å². The van der Waals surface area contributed by atoms with E-state index in [1.807, 2.05) is 20.1 Å². The van der Waals surface area contributed by atoms with E-state index < -0.39 is 139 Å². The van der Waals surface area contributed by atoms with Crippen LogP contribution in [0.15, 0.2) is 12.7 Å². The highest BCUT2D eigenvalue weighted by atomic mass is 32.2. The summed E-state index contributed by atoms with van der Waals surface area (Å²) < 4.78 is 62.6. The van der Waals surface area contributed by atoms with Crippen molar-refractivity contribution in [3.63, 3.8) is 0 Å². The third-order valence-electron chi connectivity index (χ3n) is 11.8. The molecule has 7 amide bonds. The molecule has 446 valence electrons. The number of nitrogen functional groups attached to an aromatic ring is 1. The van der Waals surface area contributed by atoms with Crippen LogP contribution in [0.25, 0.3) is 11.2 Å². The van der Waals surface area contributed by atoms with Crippen LogP contribution in [-0.4, -0.2) is 201 Å². The number of nitrogens with zero attached hydrogens (tertiary/aromatic N) is 5. The number of hydrogen-bond donors (Lipinski definition) is 13. The Bertz CT molecular complexity index is 2620. The summed E-state index contributed by atoms with van der Waals surface area (Å²) in [5, 5.41) is 34.5. The molecule has 10 atom stereocenters. The van der Waals surface area contributed by atoms with Gasteiger partial charge < -0.3 is 77.5 Å². The number of aliphatic hydroxyl groups is 2. The molecule has 33 nitrogen and oxygen atoms in total. The lowest BCUT2D eigenvalue weighted by atomic mass is 9.87. The van der Waals surface area contributed by atoms with Gasteiger partial charge >= 0.3 is 23.5 Å². The van der Waals surface area contributed by atoms with Crippen molar-refractivity contribution in [2.45, 2.75) is 109 Å². The molecule has 4 rings (SSSR count). The number of phosphoric ester groups is 3. The van der Waals surface area contributed by atoms with Crippen LogP contribution < -0.4 is 38.1 Å². The Balaban J connectivity index is 1.16. The minimum Gasteiger partial charge on any atom is -0.386 e. The van der Waals surface area contributed by atoms with E-state index in [0.717, 1.165) is 29.0 Å². The average molecular weight is 1220 g/mol. The van der Waals surface area contributed by atoms with Crippen molar-refractivity contribution in [3.8, 4) is 0 Å². The molecule has 0 spiro atoms. The van der Waals surface area contributed by atoms with Crippen molar-refractivity contribution in [2.75, 3.05) is 68.6 Å². The van der Waals surface area contributed by atoms with Gasteiger partial charge in [0.05, 0.1) is 31.8 Å². The number of thioether (sulfide) groups is 2. The molecule has 2 aliphatic heterocycles. The van der Waals surface area contributed by atoms with Gasteiger partial charge in [-0.15, -0.1) is 0 Å². The van der Waals surface area contributed by atoms with Crippen molar-refractivity contribution in [3.05, 3.63) is 12.7 Å². The van der Waals surface area contributed by atoms with Crippen molar-refractivity contribution in [1.29, 1.82) is 0 Å². The van der Waals surface area contributed by atoms with Crippen LogP contribution >= 0.6 is 47.0 Å². The monoisotopic (exact) mass is 1220 g/mol. The van der Waals surface area contributed by atoms with E-state index in [9.17, 15) is 77.0 Å². The first-order valence-electron chi connectivity index (χ1n) is 24.3. The van der Waals surface area contributed by atoms with E-state index >= 15 is 0 Å². The van der Waals surface area contributed by atoms with Crippen LogP contribution in [0.2, 0.25) is 0 Å². The first kappa shape index (κ1) is 67.1. The number of primary amides is 1. The predicted octanol–water partition coefficient (Wildman–Crippen LogP) is -2.50. The Morgan fingerprint density at radius 1 is 0.911 bits per heavy atom. The zero-order valence-electron chi connectivity index (χ0n) is 43.6. The zero-order chi connectivity index (χ0) is 59.0. The van der Waals surface area contributed by atoms with Crippen molar-refractivity contribution >= 4 is 105 Å². The van der Waals surface area contributed by atoms with Gasteiger partial charge in [-0.2, -0.15) is 27.8 Å². The van der Waals surface area contributed by atoms with Gasteiger partial charge in [0.15, 0.2) is 17.7 Å². The van der Waals surface area contributed by atoms with Crippen molar-refractivity contribution < 1.29 is 99.7 Å². The average Bonchev–Trinajstić information content (AvgIpc) is 4.14. The van der Waals surface area contributed by atoms with Gasteiger partial charge in [-0.3, -0.25) is 51.7 Å². The minimum atomic E-state index is -5.63. The summed E-state index contributed by atoms with van der Waals surface area (Å²) in [7, 11) is -16.6. The fourth-order valence-electron chi connectivity index (χ4n) is 7.83. The van der Waals surface area contributed by atoms with Crippen LogP contribution in [-0.2, 0) is 69.9 Å². The number of carbonyl (C=O) groups is 7. The van der Waals surface area contributed by atoms with Crippen LogP contribution in [0.3, 0.4) is 0 Å². The first-order valence-corrected chi connectivity index (χ1v) is 31.3. The predicted molar refractivity (Wildman–Crippen MR) is 280 cm³/mol. The number of hydrogen-bond acceptors (Lipinski definition) is 23. The quantitative estimate of drug-likeness (QED) is 0.0259. The molecule has 4 heterocycles. The number of likely N-dealkylation sites (tertiary alicyclic amines) is 1. The summed E-state index contributed by atoms with van der Waals surface area (Å²) in [5.74, 6) is -3.82. The third-order valence-corrected chi connectivity index (χ3v) is 16.5. The number of amides is 7. The number of aliphatic hydroxyl groups excluding tert-OH is 2. The van der Waals surface area contributed by atoms with Gasteiger partial charge in [-0.25, -0.2) is 28.6 Å². The van der Waals surface area contributed by atoms with Crippen LogP contribution in [0.5, 0.6) is 0 Å². The second-order valence-corrected chi connectivity index (χ2v) is 25.4. The molecule has 2 unspecified atom stereocenters. The number of phosphoric acid groups is 3. The van der Waals surface area contributed by atoms with E-state index in [-0.39, 0.29) is 66.8 Å². The summed E-state index contributed by atoms with van der Waals surface area (Å²) >= 11 is 2.58. The Kier molecular flexibility index (Phi) is 25.5. The van der Waals surface area contributed by atoms with E-state index in [1.165, 1.54) is 30.5 Å². The summed E-state index contributed by atoms with van der Waals surface area (Å²) in [6.07, 6.45) is -3.93. The maximum absolute atomic E-state index is 13.4. The Hall–Kier alpha value is -4.41. The van der Waals surface area contributed by atoms with E-state index in [2.05, 4.69) is 50.4 Å². The third kappa shape index (κ3) is 21.1. The number of anilines is 1. The molecule has 15 N–H and O–H groups in total. The van der Waals surface area contributed by atoms with Gasteiger partial charge in [0.1, 0.15) is 54.4 Å². The van der Waals surface area contributed by atoms with Gasteiger partial charge in [0.2, 0.25) is 41.4 Å². The van der Waals surface area contributed by atoms with E-state index in [1.54, 1.807) is 0 Å². The summed E-state index contributed by atoms with van der Waals surface area (Å²) in [6.45, 7) is 3.77. The normalized spacial score (nSPS) is 21.4. The fraction of sp³-hybridized carbons (Fsp3) is 0.707. The maximum atomic E-state index is 13.4. The first-order chi connectivity index (χ1) is 36.8. The number of rotatable bonds is 33. The summed E-state index contributed by atoms with van der Waals surface area (Å²) in [6, 6.07) is -2.79. The van der Waals surface area contributed by atoms with Crippen molar-refractivity contribution in [2.24, 2.45) is 17.1 Å². The molecule has 79 heavy (non-hydrogen) atoms. The lowest BCUT2D eigenvalue weighted by Crippen LogP contribution is -2.55. The molecule has 0 bridgehead atoms. The van der Waals surface area contributed by atoms with Gasteiger partial charge in [-0.1, -0.05) is 27.7 Å². The second-order valence-electron chi connectivity index (χ2n) is 19.1. The number of ether oxygens (including phenoxy) is 1.